The lowest BCUT2D eigenvalue weighted by atomic mass is 9.74. The first-order chi connectivity index (χ1) is 14.6. The molecule has 2 aromatic rings. The Balaban J connectivity index is 1.73. The van der Waals surface area contributed by atoms with Crippen LogP contribution in [0.3, 0.4) is 0 Å². The van der Waals surface area contributed by atoms with Crippen LogP contribution in [0.15, 0.2) is 47.5 Å². The van der Waals surface area contributed by atoms with Crippen LogP contribution in [-0.4, -0.2) is 46.5 Å². The average molecular weight is 432 g/mol. The topological polar surface area (TPSA) is 64.1 Å². The molecule has 30 heavy (non-hydrogen) atoms. The number of aliphatic imine (C=N–C) groups is 1. The molecule has 0 spiro atoms. The summed E-state index contributed by atoms with van der Waals surface area (Å²) < 4.78 is 16.7. The molecular formula is C23H30ClN3O3. The zero-order valence-electron chi connectivity index (χ0n) is 17.8. The highest BCUT2D eigenvalue weighted by atomic mass is 35.5. The van der Waals surface area contributed by atoms with Gasteiger partial charge in [0, 0.05) is 49.0 Å². The first-order valence-electron chi connectivity index (χ1n) is 10.2. The molecule has 0 aliphatic carbocycles. The highest BCUT2D eigenvalue weighted by molar-refractivity contribution is 6.30. The van der Waals surface area contributed by atoms with E-state index in [1.807, 2.05) is 37.3 Å². The van der Waals surface area contributed by atoms with E-state index in [0.717, 1.165) is 49.1 Å². The zero-order chi connectivity index (χ0) is 21.4. The highest BCUT2D eigenvalue weighted by Crippen LogP contribution is 2.35. The Morgan fingerprint density at radius 2 is 1.97 bits per heavy atom. The molecule has 0 amide bonds. The van der Waals surface area contributed by atoms with Crippen LogP contribution in [-0.2, 0) is 10.2 Å². The van der Waals surface area contributed by atoms with Gasteiger partial charge in [-0.1, -0.05) is 23.7 Å². The minimum atomic E-state index is -0.0583. The van der Waals surface area contributed by atoms with Crippen LogP contribution in [0.5, 0.6) is 11.5 Å². The predicted molar refractivity (Wildman–Crippen MR) is 122 cm³/mol. The van der Waals surface area contributed by atoms with E-state index in [0.29, 0.717) is 18.3 Å². The summed E-state index contributed by atoms with van der Waals surface area (Å²) in [5, 5.41) is 7.58. The van der Waals surface area contributed by atoms with E-state index < -0.39 is 0 Å². The standard InChI is InChI=1S/C23H30ClN3O3/c1-4-30-20-9-8-19(15-21(20)28-3)27-22(25-2)26-16-23(10-12-29-13-11-23)17-6-5-7-18(24)14-17/h5-9,14-15H,4,10-13,16H2,1-3H3,(H2,25,26,27). The number of methoxy groups -OCH3 is 1. The van der Waals surface area contributed by atoms with E-state index in [9.17, 15) is 0 Å². The fourth-order valence-corrected chi connectivity index (χ4v) is 3.93. The molecule has 0 bridgehead atoms. The lowest BCUT2D eigenvalue weighted by Gasteiger charge is -2.38. The van der Waals surface area contributed by atoms with Gasteiger partial charge in [0.2, 0.25) is 0 Å². The quantitative estimate of drug-likeness (QED) is 0.499. The summed E-state index contributed by atoms with van der Waals surface area (Å²) in [5.74, 6) is 2.09. The second kappa shape index (κ2) is 10.5. The number of benzene rings is 2. The number of hydrogen-bond donors (Lipinski definition) is 2. The number of rotatable bonds is 7. The van der Waals surface area contributed by atoms with Gasteiger partial charge in [0.25, 0.3) is 0 Å². The van der Waals surface area contributed by atoms with Crippen LogP contribution in [0.4, 0.5) is 5.69 Å². The number of nitrogens with one attached hydrogen (secondary N) is 2. The second-order valence-electron chi connectivity index (χ2n) is 7.25. The van der Waals surface area contributed by atoms with Gasteiger partial charge in [-0.25, -0.2) is 0 Å². The van der Waals surface area contributed by atoms with Crippen molar-refractivity contribution in [2.75, 3.05) is 45.8 Å². The van der Waals surface area contributed by atoms with Gasteiger partial charge in [-0.2, -0.15) is 0 Å². The maximum absolute atomic E-state index is 6.28. The lowest BCUT2D eigenvalue weighted by molar-refractivity contribution is 0.0514. The first kappa shape index (κ1) is 22.2. The summed E-state index contributed by atoms with van der Waals surface area (Å²) >= 11 is 6.28. The lowest BCUT2D eigenvalue weighted by Crippen LogP contribution is -2.46. The maximum atomic E-state index is 6.28. The zero-order valence-corrected chi connectivity index (χ0v) is 18.6. The van der Waals surface area contributed by atoms with Crippen molar-refractivity contribution in [3.63, 3.8) is 0 Å². The van der Waals surface area contributed by atoms with Crippen molar-refractivity contribution in [1.29, 1.82) is 0 Å². The molecule has 7 heteroatoms. The summed E-state index contributed by atoms with van der Waals surface area (Å²) in [4.78, 5) is 4.39. The maximum Gasteiger partial charge on any atom is 0.195 e. The van der Waals surface area contributed by atoms with Crippen molar-refractivity contribution < 1.29 is 14.2 Å². The van der Waals surface area contributed by atoms with Crippen LogP contribution in [0.2, 0.25) is 5.02 Å². The molecule has 0 atom stereocenters. The smallest absolute Gasteiger partial charge is 0.195 e. The number of nitrogens with zero attached hydrogens (tertiary/aromatic N) is 1. The van der Waals surface area contributed by atoms with Gasteiger partial charge in [-0.05, 0) is 49.6 Å². The fraction of sp³-hybridized carbons (Fsp3) is 0.435. The molecule has 1 aliphatic rings. The Labute approximate surface area is 183 Å². The highest BCUT2D eigenvalue weighted by Gasteiger charge is 2.34. The van der Waals surface area contributed by atoms with E-state index in [1.165, 1.54) is 5.56 Å². The summed E-state index contributed by atoms with van der Waals surface area (Å²) in [6, 6.07) is 13.9. The normalized spacial score (nSPS) is 16.1. The van der Waals surface area contributed by atoms with Crippen molar-refractivity contribution >= 4 is 23.2 Å². The molecule has 162 valence electrons. The van der Waals surface area contributed by atoms with Crippen molar-refractivity contribution in [1.82, 2.24) is 5.32 Å². The molecule has 2 N–H and O–H groups in total. The van der Waals surface area contributed by atoms with E-state index in [-0.39, 0.29) is 5.41 Å². The van der Waals surface area contributed by atoms with Crippen LogP contribution >= 0.6 is 11.6 Å². The average Bonchev–Trinajstić information content (AvgIpc) is 2.78. The molecule has 1 saturated heterocycles. The molecule has 3 rings (SSSR count). The number of halogens is 1. The molecule has 1 aliphatic heterocycles. The molecule has 0 aromatic heterocycles. The Hall–Kier alpha value is -2.44. The Morgan fingerprint density at radius 1 is 1.17 bits per heavy atom. The minimum Gasteiger partial charge on any atom is -0.493 e. The second-order valence-corrected chi connectivity index (χ2v) is 7.69. The molecular weight excluding hydrogens is 402 g/mol. The molecule has 1 heterocycles. The van der Waals surface area contributed by atoms with E-state index in [1.54, 1.807) is 14.2 Å². The van der Waals surface area contributed by atoms with Gasteiger partial charge in [0.15, 0.2) is 17.5 Å². The monoisotopic (exact) mass is 431 g/mol. The van der Waals surface area contributed by atoms with E-state index >= 15 is 0 Å². The molecule has 2 aromatic carbocycles. The van der Waals surface area contributed by atoms with Gasteiger partial charge < -0.3 is 24.8 Å². The molecule has 0 radical (unpaired) electrons. The van der Waals surface area contributed by atoms with Crippen molar-refractivity contribution in [3.8, 4) is 11.5 Å². The third-order valence-electron chi connectivity index (χ3n) is 5.43. The summed E-state index contributed by atoms with van der Waals surface area (Å²) in [5.41, 5.74) is 2.04. The Morgan fingerprint density at radius 3 is 2.63 bits per heavy atom. The predicted octanol–water partition coefficient (Wildman–Crippen LogP) is 4.48. The number of ether oxygens (including phenoxy) is 3. The number of guanidine groups is 1. The van der Waals surface area contributed by atoms with Gasteiger partial charge >= 0.3 is 0 Å². The van der Waals surface area contributed by atoms with Crippen molar-refractivity contribution in [2.45, 2.75) is 25.2 Å². The SMILES string of the molecule is CCOc1ccc(NC(=NC)NCC2(c3cccc(Cl)c3)CCOCC2)cc1OC. The molecule has 0 saturated carbocycles. The number of hydrogen-bond acceptors (Lipinski definition) is 4. The third kappa shape index (κ3) is 5.37. The summed E-state index contributed by atoms with van der Waals surface area (Å²) in [7, 11) is 3.39. The largest absolute Gasteiger partial charge is 0.493 e. The van der Waals surface area contributed by atoms with Crippen LogP contribution in [0, 0.1) is 0 Å². The minimum absolute atomic E-state index is 0.0583. The third-order valence-corrected chi connectivity index (χ3v) is 5.67. The molecule has 0 unspecified atom stereocenters. The van der Waals surface area contributed by atoms with Crippen molar-refractivity contribution in [2.24, 2.45) is 4.99 Å². The van der Waals surface area contributed by atoms with Crippen LogP contribution in [0.25, 0.3) is 0 Å². The molecule has 1 fully saturated rings. The number of anilines is 1. The van der Waals surface area contributed by atoms with E-state index in [4.69, 9.17) is 25.8 Å². The Bertz CT molecular complexity index is 867. The van der Waals surface area contributed by atoms with Crippen molar-refractivity contribution in [3.05, 3.63) is 53.1 Å². The summed E-state index contributed by atoms with van der Waals surface area (Å²) in [6.45, 7) is 4.72. The summed E-state index contributed by atoms with van der Waals surface area (Å²) in [6.07, 6.45) is 1.85. The first-order valence-corrected chi connectivity index (χ1v) is 10.6. The van der Waals surface area contributed by atoms with E-state index in [2.05, 4.69) is 27.8 Å². The van der Waals surface area contributed by atoms with Crippen LogP contribution < -0.4 is 20.1 Å². The molecule has 6 nitrogen and oxygen atoms in total. The Kier molecular flexibility index (Phi) is 7.82. The van der Waals surface area contributed by atoms with Gasteiger partial charge in [-0.3, -0.25) is 4.99 Å². The van der Waals surface area contributed by atoms with Gasteiger partial charge in [-0.15, -0.1) is 0 Å². The van der Waals surface area contributed by atoms with Gasteiger partial charge in [0.05, 0.1) is 13.7 Å². The van der Waals surface area contributed by atoms with Gasteiger partial charge in [0.1, 0.15) is 0 Å². The van der Waals surface area contributed by atoms with Crippen LogP contribution in [0.1, 0.15) is 25.3 Å². The fourth-order valence-electron chi connectivity index (χ4n) is 3.74.